The number of rotatable bonds is 10. The Hall–Kier alpha value is -0.220. The number of carbonyl (C=O) groups excluding carboxylic acids is 1. The summed E-state index contributed by atoms with van der Waals surface area (Å²) in [5, 5.41) is 3.83. The molecule has 0 aliphatic rings. The lowest BCUT2D eigenvalue weighted by Crippen LogP contribution is -2.48. The van der Waals surface area contributed by atoms with Gasteiger partial charge in [0.25, 0.3) is 0 Å². The van der Waals surface area contributed by atoms with E-state index in [4.69, 9.17) is 4.74 Å². The van der Waals surface area contributed by atoms with Gasteiger partial charge in [0.05, 0.1) is 6.61 Å². The number of likely N-dealkylation sites (N-methyl/N-ethyl adjacent to an activating group) is 1. The van der Waals surface area contributed by atoms with E-state index < -0.39 is 5.54 Å². The van der Waals surface area contributed by atoms with Crippen molar-refractivity contribution in [2.75, 3.05) is 19.4 Å². The van der Waals surface area contributed by atoms with Crippen LogP contribution in [0.25, 0.3) is 0 Å². The van der Waals surface area contributed by atoms with Crippen molar-refractivity contribution in [1.82, 2.24) is 5.32 Å². The standard InChI is InChI=1S/C14H29NO2S/c1-6-12(3)18-11-9-8-10-14(4,15-5)13(16)17-7-2/h12,15H,6-11H2,1-5H3. The van der Waals surface area contributed by atoms with Gasteiger partial charge in [-0.15, -0.1) is 0 Å². The van der Waals surface area contributed by atoms with Gasteiger partial charge in [-0.25, -0.2) is 0 Å². The Balaban J connectivity index is 3.89. The summed E-state index contributed by atoms with van der Waals surface area (Å²) in [6.45, 7) is 8.70. The van der Waals surface area contributed by atoms with Crippen LogP contribution in [0.4, 0.5) is 0 Å². The fourth-order valence-corrected chi connectivity index (χ4v) is 2.61. The molecule has 0 saturated carbocycles. The minimum atomic E-state index is -0.531. The Morgan fingerprint density at radius 1 is 1.39 bits per heavy atom. The van der Waals surface area contributed by atoms with Crippen molar-refractivity contribution in [2.45, 2.75) is 64.2 Å². The molecule has 0 aliphatic heterocycles. The lowest BCUT2D eigenvalue weighted by molar-refractivity contribution is -0.150. The van der Waals surface area contributed by atoms with Crippen LogP contribution in [-0.4, -0.2) is 36.2 Å². The van der Waals surface area contributed by atoms with Crippen LogP contribution >= 0.6 is 11.8 Å². The van der Waals surface area contributed by atoms with Crippen molar-refractivity contribution >= 4 is 17.7 Å². The van der Waals surface area contributed by atoms with Gasteiger partial charge in [0.15, 0.2) is 0 Å². The molecule has 3 nitrogen and oxygen atoms in total. The highest BCUT2D eigenvalue weighted by Gasteiger charge is 2.32. The summed E-state index contributed by atoms with van der Waals surface area (Å²) in [6, 6.07) is 0. The van der Waals surface area contributed by atoms with E-state index in [1.54, 1.807) is 0 Å². The second-order valence-corrected chi connectivity index (χ2v) is 6.40. The lowest BCUT2D eigenvalue weighted by Gasteiger charge is -2.26. The zero-order valence-corrected chi connectivity index (χ0v) is 13.4. The summed E-state index contributed by atoms with van der Waals surface area (Å²) in [6.07, 6.45) is 4.27. The summed E-state index contributed by atoms with van der Waals surface area (Å²) in [7, 11) is 1.82. The molecule has 0 aromatic carbocycles. The van der Waals surface area contributed by atoms with E-state index in [1.807, 2.05) is 32.7 Å². The largest absolute Gasteiger partial charge is 0.465 e. The number of nitrogens with one attached hydrogen (secondary N) is 1. The van der Waals surface area contributed by atoms with E-state index in [-0.39, 0.29) is 5.97 Å². The summed E-state index contributed by atoms with van der Waals surface area (Å²) in [5.41, 5.74) is -0.531. The number of esters is 1. The van der Waals surface area contributed by atoms with Crippen LogP contribution in [0.5, 0.6) is 0 Å². The Kier molecular flexibility index (Phi) is 9.56. The highest BCUT2D eigenvalue weighted by molar-refractivity contribution is 7.99. The molecule has 0 fully saturated rings. The minimum absolute atomic E-state index is 0.137. The molecule has 0 spiro atoms. The normalized spacial score (nSPS) is 16.1. The molecule has 0 radical (unpaired) electrons. The molecule has 0 aromatic rings. The molecular weight excluding hydrogens is 246 g/mol. The molecule has 4 heteroatoms. The average molecular weight is 275 g/mol. The molecule has 18 heavy (non-hydrogen) atoms. The number of hydrogen-bond donors (Lipinski definition) is 1. The fraction of sp³-hybridized carbons (Fsp3) is 0.929. The van der Waals surface area contributed by atoms with E-state index in [0.717, 1.165) is 24.5 Å². The third kappa shape index (κ3) is 6.64. The highest BCUT2D eigenvalue weighted by Crippen LogP contribution is 2.19. The number of thioether (sulfide) groups is 1. The van der Waals surface area contributed by atoms with Crippen LogP contribution in [0.3, 0.4) is 0 Å². The molecule has 2 atom stereocenters. The van der Waals surface area contributed by atoms with Crippen LogP contribution in [0.15, 0.2) is 0 Å². The van der Waals surface area contributed by atoms with Crippen LogP contribution in [0, 0.1) is 0 Å². The smallest absolute Gasteiger partial charge is 0.326 e. The van der Waals surface area contributed by atoms with Gasteiger partial charge in [0, 0.05) is 5.25 Å². The minimum Gasteiger partial charge on any atom is -0.465 e. The summed E-state index contributed by atoms with van der Waals surface area (Å²) >= 11 is 2.02. The van der Waals surface area contributed by atoms with Crippen molar-refractivity contribution in [3.05, 3.63) is 0 Å². The second kappa shape index (κ2) is 9.68. The van der Waals surface area contributed by atoms with Crippen molar-refractivity contribution in [2.24, 2.45) is 0 Å². The first-order valence-corrected chi connectivity index (χ1v) is 8.02. The van der Waals surface area contributed by atoms with Gasteiger partial charge in [0.2, 0.25) is 0 Å². The molecule has 0 bridgehead atoms. The van der Waals surface area contributed by atoms with Crippen molar-refractivity contribution in [1.29, 1.82) is 0 Å². The Bertz CT molecular complexity index is 236. The molecule has 108 valence electrons. The first-order chi connectivity index (χ1) is 8.50. The van der Waals surface area contributed by atoms with Gasteiger partial charge in [-0.3, -0.25) is 4.79 Å². The van der Waals surface area contributed by atoms with Gasteiger partial charge < -0.3 is 10.1 Å². The Morgan fingerprint density at radius 2 is 2.06 bits per heavy atom. The highest BCUT2D eigenvalue weighted by atomic mass is 32.2. The maximum atomic E-state index is 11.8. The molecular formula is C14H29NO2S. The van der Waals surface area contributed by atoms with Gasteiger partial charge in [-0.05, 0) is 45.9 Å². The van der Waals surface area contributed by atoms with E-state index in [0.29, 0.717) is 6.61 Å². The van der Waals surface area contributed by atoms with Crippen molar-refractivity contribution in [3.8, 4) is 0 Å². The SMILES string of the molecule is CCOC(=O)C(C)(CCCCSC(C)CC)NC. The molecule has 0 amide bonds. The lowest BCUT2D eigenvalue weighted by atomic mass is 9.95. The summed E-state index contributed by atoms with van der Waals surface area (Å²) in [4.78, 5) is 11.8. The first-order valence-electron chi connectivity index (χ1n) is 6.97. The zero-order valence-electron chi connectivity index (χ0n) is 12.5. The number of hydrogen-bond acceptors (Lipinski definition) is 4. The maximum absolute atomic E-state index is 11.8. The van der Waals surface area contributed by atoms with E-state index in [2.05, 4.69) is 19.2 Å². The number of carbonyl (C=O) groups is 1. The van der Waals surface area contributed by atoms with Crippen LogP contribution < -0.4 is 5.32 Å². The van der Waals surface area contributed by atoms with Gasteiger partial charge in [0.1, 0.15) is 5.54 Å². The molecule has 0 heterocycles. The Labute approximate surface area is 116 Å². The predicted molar refractivity (Wildman–Crippen MR) is 80.2 cm³/mol. The molecule has 1 N–H and O–H groups in total. The maximum Gasteiger partial charge on any atom is 0.326 e. The average Bonchev–Trinajstić information content (AvgIpc) is 2.37. The third-order valence-corrected chi connectivity index (χ3v) is 4.75. The molecule has 0 saturated heterocycles. The quantitative estimate of drug-likeness (QED) is 0.491. The topological polar surface area (TPSA) is 38.3 Å². The van der Waals surface area contributed by atoms with E-state index in [1.165, 1.54) is 12.2 Å². The zero-order chi connectivity index (χ0) is 14.0. The molecule has 0 rings (SSSR count). The Morgan fingerprint density at radius 3 is 2.56 bits per heavy atom. The van der Waals surface area contributed by atoms with Gasteiger partial charge in [-0.1, -0.05) is 20.3 Å². The van der Waals surface area contributed by atoms with E-state index in [9.17, 15) is 4.79 Å². The molecule has 2 unspecified atom stereocenters. The van der Waals surface area contributed by atoms with Crippen molar-refractivity contribution in [3.63, 3.8) is 0 Å². The van der Waals surface area contributed by atoms with Crippen LogP contribution in [0.1, 0.15) is 53.4 Å². The first kappa shape index (κ1) is 17.8. The van der Waals surface area contributed by atoms with E-state index >= 15 is 0 Å². The monoisotopic (exact) mass is 275 g/mol. The second-order valence-electron chi connectivity index (χ2n) is 4.85. The van der Waals surface area contributed by atoms with Gasteiger partial charge in [-0.2, -0.15) is 11.8 Å². The number of unbranched alkanes of at least 4 members (excludes halogenated alkanes) is 1. The number of ether oxygens (including phenoxy) is 1. The predicted octanol–water partition coefficient (Wildman–Crippen LogP) is 3.23. The van der Waals surface area contributed by atoms with Crippen LogP contribution in [-0.2, 0) is 9.53 Å². The summed E-state index contributed by atoms with van der Waals surface area (Å²) in [5.74, 6) is 1.04. The molecule has 0 aromatic heterocycles. The van der Waals surface area contributed by atoms with Crippen molar-refractivity contribution < 1.29 is 9.53 Å². The van der Waals surface area contributed by atoms with Crippen LogP contribution in [0.2, 0.25) is 0 Å². The third-order valence-electron chi connectivity index (χ3n) is 3.33. The van der Waals surface area contributed by atoms with Gasteiger partial charge >= 0.3 is 5.97 Å². The molecule has 0 aliphatic carbocycles. The summed E-state index contributed by atoms with van der Waals surface area (Å²) < 4.78 is 5.10. The fourth-order valence-electron chi connectivity index (χ4n) is 1.60.